The van der Waals surface area contributed by atoms with Crippen LogP contribution in [0.1, 0.15) is 20.3 Å². The summed E-state index contributed by atoms with van der Waals surface area (Å²) in [6.45, 7) is 4.34. The maximum absolute atomic E-state index is 13.1. The van der Waals surface area contributed by atoms with Crippen LogP contribution in [0.5, 0.6) is 0 Å². The molecule has 0 heterocycles. The summed E-state index contributed by atoms with van der Waals surface area (Å²) in [7, 11) is -3.70. The van der Waals surface area contributed by atoms with Crippen LogP contribution in [-0.4, -0.2) is 33.7 Å². The van der Waals surface area contributed by atoms with Crippen LogP contribution in [0.2, 0.25) is 0 Å². The Labute approximate surface area is 117 Å². The molecule has 0 aliphatic heterocycles. The highest BCUT2D eigenvalue weighted by atomic mass is 32.2. The van der Waals surface area contributed by atoms with E-state index >= 15 is 0 Å². The van der Waals surface area contributed by atoms with E-state index in [1.807, 2.05) is 0 Å². The van der Waals surface area contributed by atoms with Crippen molar-refractivity contribution in [1.82, 2.24) is 0 Å². The Hall–Kier alpha value is -1.05. The SMILES string of the molecule is CCOC(CCS(=O)(=O)c1ccc(F)c(F)c1)OCC. The summed E-state index contributed by atoms with van der Waals surface area (Å²) in [6.07, 6.45) is -0.492. The number of hydrogen-bond acceptors (Lipinski definition) is 4. The minimum Gasteiger partial charge on any atom is -0.353 e. The van der Waals surface area contributed by atoms with E-state index in [4.69, 9.17) is 9.47 Å². The minimum absolute atomic E-state index is 0.128. The van der Waals surface area contributed by atoms with Crippen LogP contribution in [0.4, 0.5) is 8.78 Å². The van der Waals surface area contributed by atoms with Crippen LogP contribution >= 0.6 is 0 Å². The minimum atomic E-state index is -3.70. The fourth-order valence-corrected chi connectivity index (χ4v) is 2.92. The van der Waals surface area contributed by atoms with E-state index in [0.29, 0.717) is 19.3 Å². The first-order valence-corrected chi connectivity index (χ1v) is 7.97. The molecule has 4 nitrogen and oxygen atoms in total. The van der Waals surface area contributed by atoms with Gasteiger partial charge in [0.15, 0.2) is 27.8 Å². The molecule has 0 aliphatic rings. The largest absolute Gasteiger partial charge is 0.353 e. The van der Waals surface area contributed by atoms with Crippen molar-refractivity contribution in [3.63, 3.8) is 0 Å². The van der Waals surface area contributed by atoms with Crippen molar-refractivity contribution >= 4 is 9.84 Å². The molecule has 1 aromatic rings. The molecule has 0 bridgehead atoms. The van der Waals surface area contributed by atoms with Crippen molar-refractivity contribution in [2.24, 2.45) is 0 Å². The fraction of sp³-hybridized carbons (Fsp3) is 0.538. The Kier molecular flexibility index (Phi) is 6.51. The van der Waals surface area contributed by atoms with E-state index in [1.165, 1.54) is 0 Å². The van der Waals surface area contributed by atoms with E-state index < -0.39 is 27.8 Å². The lowest BCUT2D eigenvalue weighted by molar-refractivity contribution is -0.136. The molecule has 0 saturated carbocycles. The molecule has 1 rings (SSSR count). The molecule has 20 heavy (non-hydrogen) atoms. The van der Waals surface area contributed by atoms with Gasteiger partial charge in [-0.25, -0.2) is 17.2 Å². The Morgan fingerprint density at radius 2 is 1.70 bits per heavy atom. The highest BCUT2D eigenvalue weighted by molar-refractivity contribution is 7.91. The summed E-state index contributed by atoms with van der Waals surface area (Å²) in [5.41, 5.74) is 0. The van der Waals surface area contributed by atoms with Gasteiger partial charge in [0.2, 0.25) is 0 Å². The van der Waals surface area contributed by atoms with Gasteiger partial charge >= 0.3 is 0 Å². The lowest BCUT2D eigenvalue weighted by Gasteiger charge is -2.16. The lowest BCUT2D eigenvalue weighted by atomic mass is 10.3. The van der Waals surface area contributed by atoms with Crippen LogP contribution in [0.25, 0.3) is 0 Å². The van der Waals surface area contributed by atoms with Crippen molar-refractivity contribution < 1.29 is 26.7 Å². The third-order valence-corrected chi connectivity index (χ3v) is 4.32. The van der Waals surface area contributed by atoms with Crippen molar-refractivity contribution in [2.75, 3.05) is 19.0 Å². The second-order valence-corrected chi connectivity index (χ2v) is 6.13. The Balaban J connectivity index is 2.75. The average molecular weight is 308 g/mol. The van der Waals surface area contributed by atoms with Crippen molar-refractivity contribution in [3.05, 3.63) is 29.8 Å². The van der Waals surface area contributed by atoms with E-state index in [2.05, 4.69) is 0 Å². The van der Waals surface area contributed by atoms with Gasteiger partial charge in [-0.2, -0.15) is 0 Å². The third-order valence-electron chi connectivity index (χ3n) is 2.58. The van der Waals surface area contributed by atoms with Crippen LogP contribution in [0.15, 0.2) is 23.1 Å². The zero-order chi connectivity index (χ0) is 15.2. The second-order valence-electron chi connectivity index (χ2n) is 4.02. The lowest BCUT2D eigenvalue weighted by Crippen LogP contribution is -2.21. The van der Waals surface area contributed by atoms with Gasteiger partial charge in [-0.1, -0.05) is 0 Å². The summed E-state index contributed by atoms with van der Waals surface area (Å²) < 4.78 is 60.3. The zero-order valence-electron chi connectivity index (χ0n) is 11.4. The van der Waals surface area contributed by atoms with Crippen LogP contribution in [-0.2, 0) is 19.3 Å². The molecule has 0 saturated heterocycles. The molecule has 0 N–H and O–H groups in total. The predicted octanol–water partition coefficient (Wildman–Crippen LogP) is 2.53. The summed E-state index contributed by atoms with van der Waals surface area (Å²) in [4.78, 5) is -0.247. The molecule has 1 aromatic carbocycles. The monoisotopic (exact) mass is 308 g/mol. The second kappa shape index (κ2) is 7.66. The number of halogens is 2. The van der Waals surface area contributed by atoms with Gasteiger partial charge in [0.1, 0.15) is 0 Å². The first-order valence-electron chi connectivity index (χ1n) is 6.31. The van der Waals surface area contributed by atoms with Gasteiger partial charge in [-0.3, -0.25) is 0 Å². The van der Waals surface area contributed by atoms with Crippen LogP contribution in [0.3, 0.4) is 0 Å². The van der Waals surface area contributed by atoms with Crippen LogP contribution in [0, 0.1) is 11.6 Å². The molecule has 0 atom stereocenters. The first-order chi connectivity index (χ1) is 9.40. The number of rotatable bonds is 8. The van der Waals surface area contributed by atoms with Crippen molar-refractivity contribution in [2.45, 2.75) is 31.5 Å². The van der Waals surface area contributed by atoms with Gasteiger partial charge in [0.25, 0.3) is 0 Å². The van der Waals surface area contributed by atoms with Crippen molar-refractivity contribution in [3.8, 4) is 0 Å². The number of ether oxygens (including phenoxy) is 2. The number of hydrogen-bond donors (Lipinski definition) is 0. The average Bonchev–Trinajstić information content (AvgIpc) is 2.39. The topological polar surface area (TPSA) is 52.6 Å². The molecule has 0 spiro atoms. The first kappa shape index (κ1) is 17.0. The summed E-state index contributed by atoms with van der Waals surface area (Å²) in [5.74, 6) is -2.52. The highest BCUT2D eigenvalue weighted by Gasteiger charge is 2.19. The molecular formula is C13H18F2O4S. The van der Waals surface area contributed by atoms with E-state index in [-0.39, 0.29) is 17.1 Å². The highest BCUT2D eigenvalue weighted by Crippen LogP contribution is 2.17. The maximum atomic E-state index is 13.1. The standard InChI is InChI=1S/C13H18F2O4S/c1-3-18-13(19-4-2)7-8-20(16,17)10-5-6-11(14)12(15)9-10/h5-6,9,13H,3-4,7-8H2,1-2H3. The van der Waals surface area contributed by atoms with E-state index in [1.54, 1.807) is 13.8 Å². The Morgan fingerprint density at radius 3 is 2.20 bits per heavy atom. The summed E-state index contributed by atoms with van der Waals surface area (Å²) in [6, 6.07) is 2.52. The quantitative estimate of drug-likeness (QED) is 0.547. The number of sulfone groups is 1. The fourth-order valence-electron chi connectivity index (χ4n) is 1.63. The van der Waals surface area contributed by atoms with Gasteiger partial charge in [0.05, 0.1) is 10.6 Å². The van der Waals surface area contributed by atoms with Crippen molar-refractivity contribution in [1.29, 1.82) is 0 Å². The molecule has 0 unspecified atom stereocenters. The molecule has 0 aliphatic carbocycles. The molecule has 0 fully saturated rings. The smallest absolute Gasteiger partial charge is 0.178 e. The van der Waals surface area contributed by atoms with Gasteiger partial charge in [-0.05, 0) is 32.0 Å². The normalized spacial score (nSPS) is 12.1. The summed E-state index contributed by atoms with van der Waals surface area (Å²) >= 11 is 0. The molecule has 7 heteroatoms. The van der Waals surface area contributed by atoms with Gasteiger partial charge < -0.3 is 9.47 Å². The molecule has 0 aromatic heterocycles. The van der Waals surface area contributed by atoms with Crippen LogP contribution < -0.4 is 0 Å². The number of benzene rings is 1. The predicted molar refractivity (Wildman–Crippen MR) is 70.1 cm³/mol. The van der Waals surface area contributed by atoms with Gasteiger partial charge in [0, 0.05) is 19.6 Å². The maximum Gasteiger partial charge on any atom is 0.178 e. The van der Waals surface area contributed by atoms with Gasteiger partial charge in [-0.15, -0.1) is 0 Å². The molecule has 114 valence electrons. The molecular weight excluding hydrogens is 290 g/mol. The molecule has 0 radical (unpaired) electrons. The Bertz CT molecular complexity index is 525. The van der Waals surface area contributed by atoms with E-state index in [0.717, 1.165) is 12.1 Å². The zero-order valence-corrected chi connectivity index (χ0v) is 12.3. The molecule has 0 amide bonds. The van der Waals surface area contributed by atoms with E-state index in [9.17, 15) is 17.2 Å². The summed E-state index contributed by atoms with van der Waals surface area (Å²) in [5, 5.41) is 0. The third kappa shape index (κ3) is 4.81. The Morgan fingerprint density at radius 1 is 1.10 bits per heavy atom.